The molecule has 8 nitrogen and oxygen atoms in total. The number of nitrogens with one attached hydrogen (secondary N) is 1. The fourth-order valence-corrected chi connectivity index (χ4v) is 3.01. The zero-order chi connectivity index (χ0) is 18.4. The summed E-state index contributed by atoms with van der Waals surface area (Å²) < 4.78 is 5.13. The summed E-state index contributed by atoms with van der Waals surface area (Å²) in [7, 11) is 0. The molecule has 1 aromatic rings. The molecule has 0 aliphatic heterocycles. The van der Waals surface area contributed by atoms with Crippen molar-refractivity contribution in [2.24, 2.45) is 5.73 Å². The monoisotopic (exact) mass is 356 g/mol. The lowest BCUT2D eigenvalue weighted by Gasteiger charge is -2.10. The first kappa shape index (κ1) is 19.6. The molecule has 1 heterocycles. The van der Waals surface area contributed by atoms with E-state index < -0.39 is 23.8 Å². The van der Waals surface area contributed by atoms with Crippen LogP contribution in [0.15, 0.2) is 0 Å². The van der Waals surface area contributed by atoms with E-state index in [9.17, 15) is 19.2 Å². The molecule has 0 unspecified atom stereocenters. The van der Waals surface area contributed by atoms with E-state index in [-0.39, 0.29) is 40.8 Å². The Morgan fingerprint density at radius 1 is 1.25 bits per heavy atom. The Labute approximate surface area is 143 Å². The molecular formula is C15H20N2O6S. The number of carbonyl (C=O) groups is 4. The normalized spacial score (nSPS) is 10.5. The average Bonchev–Trinajstić information content (AvgIpc) is 2.74. The number of carboxylic acid groups (broad SMARTS) is 1. The van der Waals surface area contributed by atoms with E-state index in [1.807, 2.05) is 0 Å². The predicted molar refractivity (Wildman–Crippen MR) is 88.2 cm³/mol. The molecule has 2 amide bonds. The van der Waals surface area contributed by atoms with E-state index in [1.165, 1.54) is 0 Å². The molecule has 132 valence electrons. The van der Waals surface area contributed by atoms with Crippen LogP contribution in [0, 0.1) is 6.92 Å². The number of amides is 2. The zero-order valence-electron chi connectivity index (χ0n) is 13.7. The van der Waals surface area contributed by atoms with Crippen LogP contribution in [-0.4, -0.2) is 35.0 Å². The fourth-order valence-electron chi connectivity index (χ4n) is 1.94. The molecule has 0 saturated carbocycles. The van der Waals surface area contributed by atoms with E-state index in [4.69, 9.17) is 15.6 Å². The van der Waals surface area contributed by atoms with Gasteiger partial charge in [-0.1, -0.05) is 0 Å². The topological polar surface area (TPSA) is 136 Å². The second-order valence-electron chi connectivity index (χ2n) is 5.37. The van der Waals surface area contributed by atoms with Gasteiger partial charge >= 0.3 is 11.9 Å². The van der Waals surface area contributed by atoms with Gasteiger partial charge in [-0.05, 0) is 32.8 Å². The Morgan fingerprint density at radius 3 is 2.38 bits per heavy atom. The number of esters is 1. The number of thiophene rings is 1. The summed E-state index contributed by atoms with van der Waals surface area (Å²) in [5.74, 6) is -2.81. The summed E-state index contributed by atoms with van der Waals surface area (Å²) in [4.78, 5) is 46.2. The highest BCUT2D eigenvalue weighted by atomic mass is 32.1. The molecule has 9 heteroatoms. The van der Waals surface area contributed by atoms with Crippen molar-refractivity contribution >= 4 is 40.1 Å². The van der Waals surface area contributed by atoms with Crippen LogP contribution in [0.5, 0.6) is 0 Å². The summed E-state index contributed by atoms with van der Waals surface area (Å²) in [5.41, 5.74) is 5.72. The number of carboxylic acids is 1. The van der Waals surface area contributed by atoms with Crippen LogP contribution in [0.3, 0.4) is 0 Å². The minimum absolute atomic E-state index is 0.0200. The standard InChI is InChI=1S/C15H20N2O6S/c1-7(2)23-15(22)11-8(3)12(13(16)21)24-14(11)17-9(18)5-4-6-10(19)20/h7H,4-6H2,1-3H3,(H2,16,21)(H,17,18)(H,19,20). The van der Waals surface area contributed by atoms with Gasteiger partial charge in [0.2, 0.25) is 5.91 Å². The van der Waals surface area contributed by atoms with Crippen LogP contribution >= 0.6 is 11.3 Å². The van der Waals surface area contributed by atoms with Crippen molar-refractivity contribution in [2.45, 2.75) is 46.1 Å². The second kappa shape index (κ2) is 8.44. The van der Waals surface area contributed by atoms with Gasteiger partial charge in [0.1, 0.15) is 5.00 Å². The molecule has 1 rings (SSSR count). The van der Waals surface area contributed by atoms with Crippen molar-refractivity contribution in [1.82, 2.24) is 0 Å². The number of aliphatic carboxylic acids is 1. The molecule has 24 heavy (non-hydrogen) atoms. The summed E-state index contributed by atoms with van der Waals surface area (Å²) in [5, 5.41) is 11.3. The Kier molecular flexibility index (Phi) is 6.90. The van der Waals surface area contributed by atoms with Crippen molar-refractivity contribution in [3.63, 3.8) is 0 Å². The third kappa shape index (κ3) is 5.34. The lowest BCUT2D eigenvalue weighted by Crippen LogP contribution is -2.17. The number of ether oxygens (including phenoxy) is 1. The average molecular weight is 356 g/mol. The molecule has 0 aliphatic rings. The van der Waals surface area contributed by atoms with Gasteiger partial charge in [0.15, 0.2) is 0 Å². The number of primary amides is 1. The molecule has 0 atom stereocenters. The highest BCUT2D eigenvalue weighted by molar-refractivity contribution is 7.18. The molecule has 0 bridgehead atoms. The van der Waals surface area contributed by atoms with E-state index in [0.717, 1.165) is 11.3 Å². The number of hydrogen-bond acceptors (Lipinski definition) is 6. The Bertz CT molecular complexity index is 665. The molecule has 1 aromatic heterocycles. The summed E-state index contributed by atoms with van der Waals surface area (Å²) >= 11 is 0.894. The lowest BCUT2D eigenvalue weighted by molar-refractivity contribution is -0.137. The van der Waals surface area contributed by atoms with Gasteiger partial charge in [0.05, 0.1) is 16.5 Å². The van der Waals surface area contributed by atoms with E-state index in [1.54, 1.807) is 20.8 Å². The third-order valence-electron chi connectivity index (χ3n) is 2.96. The van der Waals surface area contributed by atoms with Crippen molar-refractivity contribution in [3.05, 3.63) is 16.0 Å². The first-order valence-corrected chi connectivity index (χ1v) is 8.11. The maximum absolute atomic E-state index is 12.2. The molecule has 0 aromatic carbocycles. The van der Waals surface area contributed by atoms with Crippen LogP contribution in [0.4, 0.5) is 5.00 Å². The van der Waals surface area contributed by atoms with E-state index in [0.29, 0.717) is 5.56 Å². The molecule has 4 N–H and O–H groups in total. The highest BCUT2D eigenvalue weighted by Gasteiger charge is 2.26. The number of hydrogen-bond donors (Lipinski definition) is 3. The molecule has 0 radical (unpaired) electrons. The summed E-state index contributed by atoms with van der Waals surface area (Å²) in [6.45, 7) is 4.91. The van der Waals surface area contributed by atoms with Gasteiger partial charge in [0, 0.05) is 12.8 Å². The first-order valence-electron chi connectivity index (χ1n) is 7.29. The molecule has 0 aliphatic carbocycles. The largest absolute Gasteiger partial charge is 0.481 e. The maximum Gasteiger partial charge on any atom is 0.341 e. The summed E-state index contributed by atoms with van der Waals surface area (Å²) in [6.07, 6.45) is -0.354. The SMILES string of the molecule is Cc1c(C(N)=O)sc(NC(=O)CCCC(=O)O)c1C(=O)OC(C)C. The van der Waals surface area contributed by atoms with Gasteiger partial charge in [-0.25, -0.2) is 4.79 Å². The molecule has 0 saturated heterocycles. The van der Waals surface area contributed by atoms with Gasteiger partial charge < -0.3 is 20.9 Å². The van der Waals surface area contributed by atoms with Crippen LogP contribution < -0.4 is 11.1 Å². The van der Waals surface area contributed by atoms with E-state index >= 15 is 0 Å². The van der Waals surface area contributed by atoms with Crippen LogP contribution in [0.1, 0.15) is 58.7 Å². The number of nitrogens with two attached hydrogens (primary N) is 1. The number of rotatable bonds is 8. The fraction of sp³-hybridized carbons (Fsp3) is 0.467. The maximum atomic E-state index is 12.2. The first-order chi connectivity index (χ1) is 11.1. The van der Waals surface area contributed by atoms with Gasteiger partial charge in [-0.3, -0.25) is 14.4 Å². The smallest absolute Gasteiger partial charge is 0.341 e. The minimum Gasteiger partial charge on any atom is -0.481 e. The Morgan fingerprint density at radius 2 is 1.88 bits per heavy atom. The van der Waals surface area contributed by atoms with Crippen molar-refractivity contribution in [2.75, 3.05) is 5.32 Å². The lowest BCUT2D eigenvalue weighted by atomic mass is 10.1. The van der Waals surface area contributed by atoms with Crippen LogP contribution in [0.25, 0.3) is 0 Å². The van der Waals surface area contributed by atoms with Crippen molar-refractivity contribution in [1.29, 1.82) is 0 Å². The third-order valence-corrected chi connectivity index (χ3v) is 4.19. The van der Waals surface area contributed by atoms with Gasteiger partial charge in [0.25, 0.3) is 5.91 Å². The van der Waals surface area contributed by atoms with Crippen LogP contribution in [-0.2, 0) is 14.3 Å². The molecule has 0 fully saturated rings. The summed E-state index contributed by atoms with van der Waals surface area (Å²) in [6, 6.07) is 0. The van der Waals surface area contributed by atoms with Gasteiger partial charge in [-0.15, -0.1) is 11.3 Å². The second-order valence-corrected chi connectivity index (χ2v) is 6.39. The van der Waals surface area contributed by atoms with Gasteiger partial charge in [-0.2, -0.15) is 0 Å². The zero-order valence-corrected chi connectivity index (χ0v) is 14.5. The van der Waals surface area contributed by atoms with E-state index in [2.05, 4.69) is 5.32 Å². The van der Waals surface area contributed by atoms with Crippen molar-refractivity contribution < 1.29 is 29.0 Å². The van der Waals surface area contributed by atoms with Crippen molar-refractivity contribution in [3.8, 4) is 0 Å². The Hall–Kier alpha value is -2.42. The highest BCUT2D eigenvalue weighted by Crippen LogP contribution is 2.33. The minimum atomic E-state index is -0.994. The number of carbonyl (C=O) groups excluding carboxylic acids is 3. The Balaban J connectivity index is 3.01. The molecular weight excluding hydrogens is 336 g/mol. The quantitative estimate of drug-likeness (QED) is 0.609. The number of anilines is 1. The van der Waals surface area contributed by atoms with Crippen LogP contribution in [0.2, 0.25) is 0 Å². The molecule has 0 spiro atoms. The predicted octanol–water partition coefficient (Wildman–Crippen LogP) is 1.91.